The molecule has 5 nitrogen and oxygen atoms in total. The van der Waals surface area contributed by atoms with Gasteiger partial charge in [-0.3, -0.25) is 4.79 Å². The molecule has 0 aliphatic heterocycles. The third kappa shape index (κ3) is 5.31. The number of hydrogen-bond acceptors (Lipinski definition) is 4. The maximum Gasteiger partial charge on any atom is 0.336 e. The van der Waals surface area contributed by atoms with Crippen LogP contribution in [0.15, 0.2) is 24.3 Å². The Bertz CT molecular complexity index is 728. The highest BCUT2D eigenvalue weighted by molar-refractivity contribution is 6.30. The molecule has 0 spiro atoms. The fourth-order valence-corrected chi connectivity index (χ4v) is 2.88. The summed E-state index contributed by atoms with van der Waals surface area (Å²) in [6.07, 6.45) is 3.70. The number of halogens is 1. The van der Waals surface area contributed by atoms with Gasteiger partial charge < -0.3 is 4.74 Å². The average Bonchev–Trinajstić information content (AvgIpc) is 3.04. The first kappa shape index (κ1) is 20.4. The topological polar surface area (TPSA) is 57.0 Å². The number of aromatic nitrogens is 3. The van der Waals surface area contributed by atoms with Crippen LogP contribution < -0.4 is 4.74 Å². The normalized spacial score (nSPS) is 12.4. The number of rotatable bonds is 9. The average molecular weight is 378 g/mol. The molecule has 0 N–H and O–H groups in total. The fourth-order valence-electron chi connectivity index (χ4n) is 2.69. The van der Waals surface area contributed by atoms with Gasteiger partial charge in [-0.05, 0) is 30.9 Å². The number of carbonyl (C=O) groups is 1. The van der Waals surface area contributed by atoms with Crippen LogP contribution in [0.2, 0.25) is 5.02 Å². The standard InChI is InChI=1S/C20H28ClN3O2/c1-5-7-9-15(6-2)19(25)24-18(16-10-8-11-17(21)12-16)22-20(23-24)26-13-14(3)4/h8,10-12,14-15H,5-7,9,13H2,1-4H3. The van der Waals surface area contributed by atoms with E-state index in [1.54, 1.807) is 12.1 Å². The maximum atomic E-state index is 13.1. The summed E-state index contributed by atoms with van der Waals surface area (Å²) < 4.78 is 7.05. The SMILES string of the molecule is CCCCC(CC)C(=O)n1nc(OCC(C)C)nc1-c1cccc(Cl)c1. The molecule has 1 aromatic carbocycles. The minimum Gasteiger partial charge on any atom is -0.462 e. The predicted molar refractivity (Wildman–Crippen MR) is 105 cm³/mol. The number of ether oxygens (including phenoxy) is 1. The molecule has 2 rings (SSSR count). The van der Waals surface area contributed by atoms with Gasteiger partial charge >= 0.3 is 6.01 Å². The Morgan fingerprint density at radius 3 is 2.69 bits per heavy atom. The summed E-state index contributed by atoms with van der Waals surface area (Å²) in [5.41, 5.74) is 0.753. The van der Waals surface area contributed by atoms with Crippen LogP contribution in [0.1, 0.15) is 58.2 Å². The molecule has 0 bridgehead atoms. The van der Waals surface area contributed by atoms with Crippen LogP contribution in [0.4, 0.5) is 0 Å². The van der Waals surface area contributed by atoms with Gasteiger partial charge in [0.25, 0.3) is 5.91 Å². The summed E-state index contributed by atoms with van der Waals surface area (Å²) in [6.45, 7) is 8.77. The highest BCUT2D eigenvalue weighted by Gasteiger charge is 2.24. The Balaban J connectivity index is 2.39. The molecule has 1 heterocycles. The van der Waals surface area contributed by atoms with Crippen LogP contribution in [0.25, 0.3) is 11.4 Å². The quantitative estimate of drug-likeness (QED) is 0.579. The number of hydrogen-bond donors (Lipinski definition) is 0. The zero-order valence-electron chi connectivity index (χ0n) is 16.0. The Labute approximate surface area is 160 Å². The van der Waals surface area contributed by atoms with Gasteiger partial charge in [-0.2, -0.15) is 9.67 Å². The number of unbranched alkanes of at least 4 members (excludes halogenated alkanes) is 1. The molecule has 0 radical (unpaired) electrons. The Hall–Kier alpha value is -1.88. The summed E-state index contributed by atoms with van der Waals surface area (Å²) >= 11 is 6.12. The van der Waals surface area contributed by atoms with Crippen molar-refractivity contribution in [3.05, 3.63) is 29.3 Å². The van der Waals surface area contributed by atoms with Crippen molar-refractivity contribution in [3.8, 4) is 17.4 Å². The van der Waals surface area contributed by atoms with Gasteiger partial charge in [0, 0.05) is 16.5 Å². The van der Waals surface area contributed by atoms with E-state index < -0.39 is 0 Å². The molecular weight excluding hydrogens is 350 g/mol. The molecular formula is C20H28ClN3O2. The van der Waals surface area contributed by atoms with Gasteiger partial charge in [0.05, 0.1) is 6.61 Å². The summed E-state index contributed by atoms with van der Waals surface area (Å²) in [6, 6.07) is 7.52. The molecule has 6 heteroatoms. The lowest BCUT2D eigenvalue weighted by molar-refractivity contribution is 0.0804. The highest BCUT2D eigenvalue weighted by atomic mass is 35.5. The summed E-state index contributed by atoms with van der Waals surface area (Å²) in [7, 11) is 0. The van der Waals surface area contributed by atoms with Gasteiger partial charge in [0.2, 0.25) is 0 Å². The van der Waals surface area contributed by atoms with E-state index in [1.165, 1.54) is 4.68 Å². The van der Waals surface area contributed by atoms with Crippen LogP contribution in [-0.2, 0) is 0 Å². The van der Waals surface area contributed by atoms with Gasteiger partial charge in [-0.15, -0.1) is 5.10 Å². The van der Waals surface area contributed by atoms with Crippen molar-refractivity contribution < 1.29 is 9.53 Å². The highest BCUT2D eigenvalue weighted by Crippen LogP contribution is 2.25. The molecule has 2 aromatic rings. The number of benzene rings is 1. The second kappa shape index (κ2) is 9.72. The lowest BCUT2D eigenvalue weighted by Gasteiger charge is -2.14. The fraction of sp³-hybridized carbons (Fsp3) is 0.550. The van der Waals surface area contributed by atoms with Crippen molar-refractivity contribution in [2.24, 2.45) is 11.8 Å². The second-order valence-electron chi connectivity index (χ2n) is 6.93. The zero-order chi connectivity index (χ0) is 19.1. The molecule has 0 aliphatic rings. The van der Waals surface area contributed by atoms with E-state index in [0.29, 0.717) is 23.4 Å². The van der Waals surface area contributed by atoms with Gasteiger partial charge in [-0.25, -0.2) is 0 Å². The molecule has 0 aliphatic carbocycles. The molecule has 26 heavy (non-hydrogen) atoms. The molecule has 142 valence electrons. The minimum absolute atomic E-state index is 0.0391. The van der Waals surface area contributed by atoms with Crippen molar-refractivity contribution in [1.29, 1.82) is 0 Å². The van der Waals surface area contributed by atoms with Crippen molar-refractivity contribution in [2.45, 2.75) is 53.4 Å². The van der Waals surface area contributed by atoms with Gasteiger partial charge in [-0.1, -0.05) is 64.3 Å². The molecule has 0 saturated carbocycles. The van der Waals surface area contributed by atoms with E-state index in [0.717, 1.165) is 31.2 Å². The van der Waals surface area contributed by atoms with Crippen LogP contribution in [0.3, 0.4) is 0 Å². The summed E-state index contributed by atoms with van der Waals surface area (Å²) in [4.78, 5) is 17.5. The summed E-state index contributed by atoms with van der Waals surface area (Å²) in [5, 5.41) is 4.95. The Morgan fingerprint density at radius 1 is 1.31 bits per heavy atom. The van der Waals surface area contributed by atoms with Crippen LogP contribution in [-0.4, -0.2) is 27.3 Å². The number of carbonyl (C=O) groups excluding carboxylic acids is 1. The van der Waals surface area contributed by atoms with Gasteiger partial charge in [0.15, 0.2) is 5.82 Å². The second-order valence-corrected chi connectivity index (χ2v) is 7.37. The molecule has 0 amide bonds. The van der Waals surface area contributed by atoms with E-state index in [9.17, 15) is 4.79 Å². The van der Waals surface area contributed by atoms with E-state index in [4.69, 9.17) is 16.3 Å². The van der Waals surface area contributed by atoms with Gasteiger partial charge in [0.1, 0.15) is 0 Å². The van der Waals surface area contributed by atoms with Crippen molar-refractivity contribution >= 4 is 17.5 Å². The molecule has 0 saturated heterocycles. The number of nitrogens with zero attached hydrogens (tertiary/aromatic N) is 3. The van der Waals surface area contributed by atoms with Crippen LogP contribution >= 0.6 is 11.6 Å². The van der Waals surface area contributed by atoms with Crippen molar-refractivity contribution in [1.82, 2.24) is 14.8 Å². The monoisotopic (exact) mass is 377 g/mol. The maximum absolute atomic E-state index is 13.1. The minimum atomic E-state index is -0.0764. The Morgan fingerprint density at radius 2 is 2.08 bits per heavy atom. The van der Waals surface area contributed by atoms with Crippen molar-refractivity contribution in [3.63, 3.8) is 0 Å². The molecule has 0 fully saturated rings. The summed E-state index contributed by atoms with van der Waals surface area (Å²) in [5.74, 6) is 0.710. The first-order valence-electron chi connectivity index (χ1n) is 9.36. The van der Waals surface area contributed by atoms with E-state index in [2.05, 4.69) is 30.9 Å². The smallest absolute Gasteiger partial charge is 0.336 e. The molecule has 1 unspecified atom stereocenters. The predicted octanol–water partition coefficient (Wildman–Crippen LogP) is 5.49. The third-order valence-electron chi connectivity index (χ3n) is 4.17. The van der Waals surface area contributed by atoms with E-state index in [1.807, 2.05) is 19.1 Å². The zero-order valence-corrected chi connectivity index (χ0v) is 16.8. The first-order chi connectivity index (χ1) is 12.5. The lowest BCUT2D eigenvalue weighted by Crippen LogP contribution is -2.23. The van der Waals surface area contributed by atoms with Crippen LogP contribution in [0.5, 0.6) is 6.01 Å². The lowest BCUT2D eigenvalue weighted by atomic mass is 9.98. The first-order valence-corrected chi connectivity index (χ1v) is 9.74. The molecule has 1 aromatic heterocycles. The van der Waals surface area contributed by atoms with Crippen molar-refractivity contribution in [2.75, 3.05) is 6.61 Å². The Kier molecular flexibility index (Phi) is 7.64. The third-order valence-corrected chi connectivity index (χ3v) is 4.41. The van der Waals surface area contributed by atoms with E-state index in [-0.39, 0.29) is 17.8 Å². The van der Waals surface area contributed by atoms with E-state index >= 15 is 0 Å². The molecule has 1 atom stereocenters. The largest absolute Gasteiger partial charge is 0.462 e. The van der Waals surface area contributed by atoms with Crippen LogP contribution in [0, 0.1) is 11.8 Å².